The van der Waals surface area contributed by atoms with E-state index in [0.717, 1.165) is 16.8 Å². The van der Waals surface area contributed by atoms with Gasteiger partial charge in [-0.05, 0) is 47.2 Å². The Bertz CT molecular complexity index is 1930. The number of piperazine rings is 1. The molecule has 0 radical (unpaired) electrons. The van der Waals surface area contributed by atoms with Crippen molar-refractivity contribution in [3.05, 3.63) is 96.2 Å². The van der Waals surface area contributed by atoms with E-state index in [2.05, 4.69) is 35.4 Å². The lowest BCUT2D eigenvalue weighted by molar-refractivity contribution is 0.0385. The maximum absolute atomic E-state index is 13.5. The first-order valence-corrected chi connectivity index (χ1v) is 14.0. The van der Waals surface area contributed by atoms with Crippen LogP contribution in [0, 0.1) is 0 Å². The zero-order chi connectivity index (χ0) is 30.2. The van der Waals surface area contributed by atoms with Gasteiger partial charge in [-0.2, -0.15) is 13.9 Å². The summed E-state index contributed by atoms with van der Waals surface area (Å²) in [6.07, 6.45) is 3.31. The van der Waals surface area contributed by atoms with Gasteiger partial charge in [-0.15, -0.1) is 10.2 Å². The molecule has 12 nitrogen and oxygen atoms in total. The third-order valence-electron chi connectivity index (χ3n) is 7.68. The molecule has 0 N–H and O–H groups in total. The molecule has 44 heavy (non-hydrogen) atoms. The monoisotopic (exact) mass is 596 g/mol. The molecule has 1 aliphatic heterocycles. The van der Waals surface area contributed by atoms with Crippen LogP contribution in [0.25, 0.3) is 33.8 Å². The summed E-state index contributed by atoms with van der Waals surface area (Å²) < 4.78 is 34.2. The van der Waals surface area contributed by atoms with Crippen LogP contribution >= 0.6 is 0 Å². The second-order valence-electron chi connectivity index (χ2n) is 10.4. The topological polar surface area (TPSA) is 124 Å². The van der Waals surface area contributed by atoms with Gasteiger partial charge in [0.25, 0.3) is 5.91 Å². The minimum atomic E-state index is -2.88. The van der Waals surface area contributed by atoms with Gasteiger partial charge in [0.1, 0.15) is 11.2 Å². The van der Waals surface area contributed by atoms with E-state index in [1.165, 1.54) is 0 Å². The molecule has 0 saturated carbocycles. The predicted octanol–water partition coefficient (Wildman–Crippen LogP) is 4.22. The lowest BCUT2D eigenvalue weighted by atomic mass is 10.0. The zero-order valence-electron chi connectivity index (χ0n) is 23.5. The molecule has 1 fully saturated rings. The largest absolute Gasteiger partial charge is 0.436 e. The van der Waals surface area contributed by atoms with Crippen LogP contribution in [0.3, 0.4) is 0 Å². The summed E-state index contributed by atoms with van der Waals surface area (Å²) in [6, 6.07) is 20.1. The molecule has 1 aliphatic rings. The number of pyridine rings is 1. The SMILES string of the molecule is Cn1nccc1-c1ccc2oc(-c3ccnc(C(=O)N4CCN([C@@H](c5ccccc5)c5nnn(C(F)F)n5)CC4)c3)nc2c1. The van der Waals surface area contributed by atoms with Gasteiger partial charge in [-0.3, -0.25) is 19.4 Å². The Hall–Kier alpha value is -5.37. The molecule has 5 heterocycles. The number of hydrogen-bond acceptors (Lipinski definition) is 9. The van der Waals surface area contributed by atoms with E-state index in [0.29, 0.717) is 53.5 Å². The van der Waals surface area contributed by atoms with Gasteiger partial charge >= 0.3 is 6.55 Å². The van der Waals surface area contributed by atoms with Crippen molar-refractivity contribution in [1.29, 1.82) is 0 Å². The van der Waals surface area contributed by atoms with Crippen molar-refractivity contribution in [3.63, 3.8) is 0 Å². The smallest absolute Gasteiger partial charge is 0.350 e. The van der Waals surface area contributed by atoms with Gasteiger partial charge in [0.15, 0.2) is 11.4 Å². The van der Waals surface area contributed by atoms with E-state index >= 15 is 0 Å². The predicted molar refractivity (Wildman–Crippen MR) is 154 cm³/mol. The quantitative estimate of drug-likeness (QED) is 0.266. The summed E-state index contributed by atoms with van der Waals surface area (Å²) in [4.78, 5) is 26.6. The van der Waals surface area contributed by atoms with Crippen LogP contribution in [0.5, 0.6) is 0 Å². The van der Waals surface area contributed by atoms with Crippen molar-refractivity contribution in [2.24, 2.45) is 7.05 Å². The Balaban J connectivity index is 1.08. The minimum absolute atomic E-state index is 0.177. The highest BCUT2D eigenvalue weighted by Gasteiger charge is 2.32. The molecule has 0 unspecified atom stereocenters. The maximum atomic E-state index is 13.5. The number of aromatic nitrogens is 8. The van der Waals surface area contributed by atoms with Crippen molar-refractivity contribution < 1.29 is 18.0 Å². The van der Waals surface area contributed by atoms with Gasteiger partial charge in [0.05, 0.1) is 11.7 Å². The molecular weight excluding hydrogens is 570 g/mol. The maximum Gasteiger partial charge on any atom is 0.350 e. The van der Waals surface area contributed by atoms with Crippen LogP contribution in [-0.2, 0) is 7.05 Å². The first kappa shape index (κ1) is 27.5. The first-order chi connectivity index (χ1) is 21.4. The van der Waals surface area contributed by atoms with Crippen molar-refractivity contribution in [1.82, 2.24) is 49.8 Å². The van der Waals surface area contributed by atoms with Crippen LogP contribution in [0.4, 0.5) is 8.78 Å². The Morgan fingerprint density at radius 1 is 0.932 bits per heavy atom. The van der Waals surface area contributed by atoms with E-state index in [-0.39, 0.29) is 17.4 Å². The number of amides is 1. The fourth-order valence-corrected chi connectivity index (χ4v) is 5.48. The van der Waals surface area contributed by atoms with Gasteiger partial charge in [-0.25, -0.2) is 4.98 Å². The number of hydrogen-bond donors (Lipinski definition) is 0. The average molecular weight is 597 g/mol. The third-order valence-corrected chi connectivity index (χ3v) is 7.68. The highest BCUT2D eigenvalue weighted by atomic mass is 19.3. The van der Waals surface area contributed by atoms with Gasteiger partial charge in [-0.1, -0.05) is 35.1 Å². The van der Waals surface area contributed by atoms with Gasteiger partial charge in [0, 0.05) is 56.7 Å². The molecule has 4 aromatic heterocycles. The number of rotatable bonds is 7. The van der Waals surface area contributed by atoms with Crippen molar-refractivity contribution in [3.8, 4) is 22.7 Å². The van der Waals surface area contributed by atoms with Gasteiger partial charge in [0.2, 0.25) is 5.89 Å². The van der Waals surface area contributed by atoms with Crippen LogP contribution in [-0.4, -0.2) is 81.8 Å². The molecule has 7 rings (SSSR count). The Kier molecular flexibility index (Phi) is 7.10. The number of carbonyl (C=O) groups excluding carboxylic acids is 1. The molecule has 1 atom stereocenters. The molecule has 1 amide bonds. The Labute approximate surface area is 249 Å². The number of benzene rings is 2. The first-order valence-electron chi connectivity index (χ1n) is 14.0. The molecule has 0 aliphatic carbocycles. The summed E-state index contributed by atoms with van der Waals surface area (Å²) in [5, 5.41) is 15.6. The van der Waals surface area contributed by atoms with Crippen LogP contribution in [0.15, 0.2) is 83.5 Å². The van der Waals surface area contributed by atoms with Crippen molar-refractivity contribution in [2.75, 3.05) is 26.2 Å². The summed E-state index contributed by atoms with van der Waals surface area (Å²) in [6.45, 7) is -1.14. The normalized spacial score (nSPS) is 14.9. The number of alkyl halides is 2. The molecule has 14 heteroatoms. The van der Waals surface area contributed by atoms with Crippen LogP contribution in [0.2, 0.25) is 0 Å². The fourth-order valence-electron chi connectivity index (χ4n) is 5.48. The van der Waals surface area contributed by atoms with E-state index in [4.69, 9.17) is 4.42 Å². The zero-order valence-corrected chi connectivity index (χ0v) is 23.5. The average Bonchev–Trinajstić information content (AvgIpc) is 3.82. The number of carbonyl (C=O) groups is 1. The van der Waals surface area contributed by atoms with Crippen molar-refractivity contribution >= 4 is 17.0 Å². The summed E-state index contributed by atoms with van der Waals surface area (Å²) in [5.74, 6) is 0.342. The number of oxazole rings is 1. The fraction of sp³-hybridized carbons (Fsp3) is 0.233. The second kappa shape index (κ2) is 11.4. The van der Waals surface area contributed by atoms with Gasteiger partial charge < -0.3 is 9.32 Å². The number of nitrogens with zero attached hydrogens (tertiary/aromatic N) is 10. The summed E-state index contributed by atoms with van der Waals surface area (Å²) >= 11 is 0. The highest BCUT2D eigenvalue weighted by Crippen LogP contribution is 2.30. The number of halogens is 2. The number of fused-ring (bicyclic) bond motifs is 1. The molecule has 222 valence electrons. The van der Waals surface area contributed by atoms with Crippen LogP contribution < -0.4 is 0 Å². The van der Waals surface area contributed by atoms with E-state index in [1.807, 2.05) is 61.6 Å². The lowest BCUT2D eigenvalue weighted by Crippen LogP contribution is -2.50. The number of tetrazole rings is 1. The standard InChI is InChI=1S/C30H26F2N10O2/c1-39-24(10-12-34-39)20-7-8-25-22(17-20)35-28(44-25)21-9-11-33-23(18-21)29(43)41-15-13-40(14-16-41)26(19-5-3-2-4-6-19)27-36-38-42(37-27)30(31)32/h2-12,17-18,26,30H,13-16H2,1H3/t26-/m0/s1. The number of aryl methyl sites for hydroxylation is 1. The van der Waals surface area contributed by atoms with E-state index < -0.39 is 12.6 Å². The lowest BCUT2D eigenvalue weighted by Gasteiger charge is -2.38. The third kappa shape index (κ3) is 5.19. The second-order valence-corrected chi connectivity index (χ2v) is 10.4. The highest BCUT2D eigenvalue weighted by molar-refractivity contribution is 5.93. The minimum Gasteiger partial charge on any atom is -0.436 e. The molecule has 2 aromatic carbocycles. The molecular formula is C30H26F2N10O2. The van der Waals surface area contributed by atoms with Crippen molar-refractivity contribution in [2.45, 2.75) is 12.6 Å². The van der Waals surface area contributed by atoms with Crippen LogP contribution in [0.1, 0.15) is 34.5 Å². The molecule has 0 spiro atoms. The molecule has 6 aromatic rings. The molecule has 1 saturated heterocycles. The van der Waals surface area contributed by atoms with E-state index in [9.17, 15) is 13.6 Å². The summed E-state index contributed by atoms with van der Waals surface area (Å²) in [5.41, 5.74) is 5.00. The molecule has 0 bridgehead atoms. The Morgan fingerprint density at radius 2 is 1.75 bits per heavy atom. The summed E-state index contributed by atoms with van der Waals surface area (Å²) in [7, 11) is 1.88. The Morgan fingerprint density at radius 3 is 2.48 bits per heavy atom. The van der Waals surface area contributed by atoms with E-state index in [1.54, 1.807) is 34.1 Å².